The number of aliphatic carboxylic acids is 1. The molecule has 0 saturated heterocycles. The molecule has 1 atom stereocenters. The normalized spacial score (nSPS) is 13.4. The first kappa shape index (κ1) is 14.7. The maximum Gasteiger partial charge on any atom is 0.333 e. The summed E-state index contributed by atoms with van der Waals surface area (Å²) >= 11 is 0. The Bertz CT molecular complexity index is 612. The Balaban J connectivity index is 2.06. The molecule has 0 aliphatic heterocycles. The monoisotopic (exact) mass is 288 g/mol. The first-order valence-electron chi connectivity index (χ1n) is 6.46. The molecule has 0 bridgehead atoms. The fourth-order valence-corrected chi connectivity index (χ4v) is 1.93. The number of aromatic nitrogens is 3. The second-order valence-electron chi connectivity index (χ2n) is 4.76. The average molecular weight is 288 g/mol. The standard InChI is InChI=1S/C14H16N4O3/c1-14(13(20)21,11-5-3-2-4-6-11)16-12(19)7-9-18-10-8-15-17-18/h2-6,8,10H,7,9H2,1H3,(H,16,19)(H,20,21). The van der Waals surface area contributed by atoms with Crippen molar-refractivity contribution in [2.45, 2.75) is 25.4 Å². The van der Waals surface area contributed by atoms with Crippen molar-refractivity contribution in [1.29, 1.82) is 0 Å². The van der Waals surface area contributed by atoms with Gasteiger partial charge in [-0.1, -0.05) is 35.5 Å². The summed E-state index contributed by atoms with van der Waals surface area (Å²) in [5.41, 5.74) is -0.938. The third-order valence-corrected chi connectivity index (χ3v) is 3.21. The van der Waals surface area contributed by atoms with Crippen LogP contribution in [0.3, 0.4) is 0 Å². The molecule has 1 unspecified atom stereocenters. The van der Waals surface area contributed by atoms with Crippen LogP contribution < -0.4 is 5.32 Å². The lowest BCUT2D eigenvalue weighted by Gasteiger charge is -2.26. The second kappa shape index (κ2) is 6.17. The van der Waals surface area contributed by atoms with Gasteiger partial charge in [-0.25, -0.2) is 4.79 Å². The van der Waals surface area contributed by atoms with E-state index < -0.39 is 11.5 Å². The van der Waals surface area contributed by atoms with Crippen LogP contribution in [0.1, 0.15) is 18.9 Å². The predicted octanol–water partition coefficient (Wildman–Crippen LogP) is 0.784. The van der Waals surface area contributed by atoms with Gasteiger partial charge in [0, 0.05) is 12.6 Å². The van der Waals surface area contributed by atoms with Crippen LogP contribution in [0.5, 0.6) is 0 Å². The molecule has 0 radical (unpaired) electrons. The van der Waals surface area contributed by atoms with Crippen LogP contribution in [0.25, 0.3) is 0 Å². The molecule has 0 aliphatic carbocycles. The van der Waals surface area contributed by atoms with Gasteiger partial charge in [-0.3, -0.25) is 9.48 Å². The van der Waals surface area contributed by atoms with E-state index in [1.807, 2.05) is 0 Å². The summed E-state index contributed by atoms with van der Waals surface area (Å²) in [4.78, 5) is 23.5. The van der Waals surface area contributed by atoms with E-state index in [-0.39, 0.29) is 12.3 Å². The number of nitrogens with one attached hydrogen (secondary N) is 1. The molecule has 7 heteroatoms. The Hall–Kier alpha value is -2.70. The van der Waals surface area contributed by atoms with Gasteiger partial charge < -0.3 is 10.4 Å². The number of hydrogen-bond acceptors (Lipinski definition) is 4. The van der Waals surface area contributed by atoms with Crippen molar-refractivity contribution in [2.75, 3.05) is 0 Å². The van der Waals surface area contributed by atoms with E-state index in [2.05, 4.69) is 15.6 Å². The van der Waals surface area contributed by atoms with E-state index in [1.165, 1.54) is 17.8 Å². The maximum absolute atomic E-state index is 12.0. The SMILES string of the molecule is CC(NC(=O)CCn1ccnn1)(C(=O)O)c1ccccc1. The molecule has 1 aromatic heterocycles. The molecule has 0 aliphatic rings. The van der Waals surface area contributed by atoms with Gasteiger partial charge in [-0.15, -0.1) is 5.10 Å². The lowest BCUT2D eigenvalue weighted by molar-refractivity contribution is -0.147. The number of carboxylic acids is 1. The van der Waals surface area contributed by atoms with Gasteiger partial charge in [0.1, 0.15) is 0 Å². The average Bonchev–Trinajstić information content (AvgIpc) is 2.99. The summed E-state index contributed by atoms with van der Waals surface area (Å²) in [6.07, 6.45) is 3.28. The highest BCUT2D eigenvalue weighted by molar-refractivity contribution is 5.87. The molecular formula is C14H16N4O3. The minimum absolute atomic E-state index is 0.124. The van der Waals surface area contributed by atoms with E-state index in [0.29, 0.717) is 12.1 Å². The van der Waals surface area contributed by atoms with Crippen LogP contribution in [0.2, 0.25) is 0 Å². The van der Waals surface area contributed by atoms with Crippen molar-refractivity contribution in [2.24, 2.45) is 0 Å². The number of amides is 1. The van der Waals surface area contributed by atoms with Crippen LogP contribution in [-0.4, -0.2) is 32.0 Å². The largest absolute Gasteiger partial charge is 0.479 e. The molecule has 110 valence electrons. The summed E-state index contributed by atoms with van der Waals surface area (Å²) in [7, 11) is 0. The van der Waals surface area contributed by atoms with Crippen molar-refractivity contribution in [3.63, 3.8) is 0 Å². The predicted molar refractivity (Wildman–Crippen MR) is 74.2 cm³/mol. The maximum atomic E-state index is 12.0. The summed E-state index contributed by atoms with van der Waals surface area (Å²) in [6.45, 7) is 1.81. The van der Waals surface area contributed by atoms with Crippen molar-refractivity contribution >= 4 is 11.9 Å². The molecule has 2 aromatic rings. The Morgan fingerprint density at radius 3 is 2.62 bits per heavy atom. The van der Waals surface area contributed by atoms with Gasteiger partial charge in [0.25, 0.3) is 0 Å². The van der Waals surface area contributed by atoms with E-state index >= 15 is 0 Å². The third kappa shape index (κ3) is 3.44. The topological polar surface area (TPSA) is 97.1 Å². The number of carbonyl (C=O) groups is 2. The van der Waals surface area contributed by atoms with Crippen LogP contribution in [0.15, 0.2) is 42.7 Å². The Morgan fingerprint density at radius 2 is 2.05 bits per heavy atom. The fraction of sp³-hybridized carbons (Fsp3) is 0.286. The quantitative estimate of drug-likeness (QED) is 0.819. The van der Waals surface area contributed by atoms with Crippen LogP contribution in [-0.2, 0) is 21.7 Å². The summed E-state index contributed by atoms with van der Waals surface area (Å²) in [5, 5.41) is 19.4. The van der Waals surface area contributed by atoms with Gasteiger partial charge in [-0.05, 0) is 12.5 Å². The molecule has 1 aromatic carbocycles. The molecule has 2 N–H and O–H groups in total. The highest BCUT2D eigenvalue weighted by Gasteiger charge is 2.36. The molecular weight excluding hydrogens is 272 g/mol. The number of carbonyl (C=O) groups excluding carboxylic acids is 1. The number of aryl methyl sites for hydroxylation is 1. The van der Waals surface area contributed by atoms with Crippen LogP contribution in [0, 0.1) is 0 Å². The minimum atomic E-state index is -1.46. The van der Waals surface area contributed by atoms with E-state index in [4.69, 9.17) is 0 Å². The Labute approximate surface area is 121 Å². The zero-order chi connectivity index (χ0) is 15.3. The van der Waals surface area contributed by atoms with E-state index in [0.717, 1.165) is 0 Å². The zero-order valence-corrected chi connectivity index (χ0v) is 11.6. The summed E-state index contributed by atoms with van der Waals surface area (Å²) in [6, 6.07) is 8.60. The number of carboxylic acid groups (broad SMARTS) is 1. The van der Waals surface area contributed by atoms with Crippen LogP contribution in [0.4, 0.5) is 0 Å². The van der Waals surface area contributed by atoms with Gasteiger partial charge in [0.2, 0.25) is 5.91 Å². The van der Waals surface area contributed by atoms with E-state index in [9.17, 15) is 14.7 Å². The lowest BCUT2D eigenvalue weighted by Crippen LogP contribution is -2.49. The third-order valence-electron chi connectivity index (χ3n) is 3.21. The van der Waals surface area contributed by atoms with Crippen molar-refractivity contribution in [3.05, 3.63) is 48.3 Å². The molecule has 1 amide bonds. The van der Waals surface area contributed by atoms with Crippen molar-refractivity contribution in [1.82, 2.24) is 20.3 Å². The molecule has 0 fully saturated rings. The highest BCUT2D eigenvalue weighted by atomic mass is 16.4. The number of hydrogen-bond donors (Lipinski definition) is 2. The van der Waals surface area contributed by atoms with Gasteiger partial charge >= 0.3 is 5.97 Å². The Morgan fingerprint density at radius 1 is 1.33 bits per heavy atom. The number of nitrogens with zero attached hydrogens (tertiary/aromatic N) is 3. The van der Waals surface area contributed by atoms with Gasteiger partial charge in [0.05, 0.1) is 12.7 Å². The molecule has 7 nitrogen and oxygen atoms in total. The molecule has 0 spiro atoms. The van der Waals surface area contributed by atoms with Gasteiger partial charge in [0.15, 0.2) is 5.54 Å². The fourth-order valence-electron chi connectivity index (χ4n) is 1.93. The number of rotatable bonds is 6. The highest BCUT2D eigenvalue weighted by Crippen LogP contribution is 2.21. The van der Waals surface area contributed by atoms with E-state index in [1.54, 1.807) is 36.5 Å². The van der Waals surface area contributed by atoms with Crippen molar-refractivity contribution in [3.8, 4) is 0 Å². The number of benzene rings is 1. The molecule has 2 rings (SSSR count). The van der Waals surface area contributed by atoms with Gasteiger partial charge in [-0.2, -0.15) is 0 Å². The zero-order valence-electron chi connectivity index (χ0n) is 11.6. The molecule has 21 heavy (non-hydrogen) atoms. The molecule has 0 saturated carbocycles. The minimum Gasteiger partial charge on any atom is -0.479 e. The smallest absolute Gasteiger partial charge is 0.333 e. The first-order valence-corrected chi connectivity index (χ1v) is 6.46. The first-order chi connectivity index (χ1) is 10.0. The lowest BCUT2D eigenvalue weighted by atomic mass is 9.92. The van der Waals surface area contributed by atoms with Crippen LogP contribution >= 0.6 is 0 Å². The van der Waals surface area contributed by atoms with Crippen molar-refractivity contribution < 1.29 is 14.7 Å². The summed E-state index contributed by atoms with van der Waals surface area (Å²) in [5.74, 6) is -1.47. The summed E-state index contributed by atoms with van der Waals surface area (Å²) < 4.78 is 1.51. The molecule has 1 heterocycles. The Kier molecular flexibility index (Phi) is 4.32. The second-order valence-corrected chi connectivity index (χ2v) is 4.76.